The molecule has 1 amide bonds. The highest BCUT2D eigenvalue weighted by molar-refractivity contribution is 7.90. The summed E-state index contributed by atoms with van der Waals surface area (Å²) in [5.41, 5.74) is 1.26. The summed E-state index contributed by atoms with van der Waals surface area (Å²) in [6, 6.07) is 15.8. The van der Waals surface area contributed by atoms with E-state index in [1.165, 1.54) is 11.0 Å². The standard InChI is InChI=1S/C20H19N3O4S/c1-13(17-11-14-7-3-5-9-16(14)27-17)21-19(24)12-23(2)20-15-8-4-6-10-18(15)28(25,26)22-20/h3-11,13H,12H2,1-2H3,(H,21,24)/t13-/m1/s1. The fourth-order valence-corrected chi connectivity index (χ4v) is 4.48. The summed E-state index contributed by atoms with van der Waals surface area (Å²) < 4.78 is 34.0. The number of hydrogen-bond acceptors (Lipinski definition) is 5. The zero-order valence-corrected chi connectivity index (χ0v) is 16.2. The van der Waals surface area contributed by atoms with Gasteiger partial charge in [0, 0.05) is 18.0 Å². The van der Waals surface area contributed by atoms with Crippen molar-refractivity contribution in [2.45, 2.75) is 17.9 Å². The summed E-state index contributed by atoms with van der Waals surface area (Å²) in [6.45, 7) is 1.80. The fourth-order valence-electron chi connectivity index (χ4n) is 3.23. The van der Waals surface area contributed by atoms with E-state index in [0.717, 1.165) is 11.0 Å². The van der Waals surface area contributed by atoms with E-state index in [2.05, 4.69) is 9.71 Å². The minimum absolute atomic E-state index is 0.0345. The third kappa shape index (κ3) is 3.27. The van der Waals surface area contributed by atoms with Gasteiger partial charge in [-0.2, -0.15) is 8.42 Å². The number of para-hydroxylation sites is 1. The molecular weight excluding hydrogens is 378 g/mol. The number of amidine groups is 1. The van der Waals surface area contributed by atoms with Gasteiger partial charge in [0.15, 0.2) is 5.84 Å². The summed E-state index contributed by atoms with van der Waals surface area (Å²) in [5, 5.41) is 3.85. The monoisotopic (exact) mass is 397 g/mol. The fraction of sp³-hybridized carbons (Fsp3) is 0.200. The van der Waals surface area contributed by atoms with E-state index in [0.29, 0.717) is 11.3 Å². The molecule has 144 valence electrons. The molecule has 0 saturated carbocycles. The van der Waals surface area contributed by atoms with Gasteiger partial charge in [-0.1, -0.05) is 30.3 Å². The van der Waals surface area contributed by atoms with E-state index in [1.54, 1.807) is 25.2 Å². The van der Waals surface area contributed by atoms with Crippen LogP contribution in [-0.2, 0) is 14.8 Å². The van der Waals surface area contributed by atoms with Gasteiger partial charge in [-0.05, 0) is 31.2 Å². The summed E-state index contributed by atoms with van der Waals surface area (Å²) in [6.07, 6.45) is 0. The maximum Gasteiger partial charge on any atom is 0.285 e. The molecule has 4 rings (SSSR count). The average molecular weight is 397 g/mol. The normalized spacial score (nSPS) is 15.7. The van der Waals surface area contributed by atoms with Gasteiger partial charge in [-0.3, -0.25) is 4.79 Å². The Morgan fingerprint density at radius 3 is 2.68 bits per heavy atom. The molecular formula is C20H19N3O4S. The van der Waals surface area contributed by atoms with Crippen LogP contribution in [0.2, 0.25) is 0 Å². The van der Waals surface area contributed by atoms with E-state index in [-0.39, 0.29) is 29.2 Å². The molecule has 0 saturated heterocycles. The smallest absolute Gasteiger partial charge is 0.285 e. The van der Waals surface area contributed by atoms with E-state index in [4.69, 9.17) is 4.42 Å². The maximum atomic E-state index is 12.5. The Bertz CT molecular complexity index is 1160. The van der Waals surface area contributed by atoms with Crippen LogP contribution < -0.4 is 5.32 Å². The lowest BCUT2D eigenvalue weighted by Crippen LogP contribution is -2.39. The number of nitrogens with one attached hydrogen (secondary N) is 1. The highest BCUT2D eigenvalue weighted by Gasteiger charge is 2.31. The Morgan fingerprint density at radius 1 is 1.18 bits per heavy atom. The van der Waals surface area contributed by atoms with E-state index >= 15 is 0 Å². The molecule has 1 aromatic heterocycles. The molecule has 0 unspecified atom stereocenters. The van der Waals surface area contributed by atoms with Crippen molar-refractivity contribution in [2.24, 2.45) is 4.40 Å². The van der Waals surface area contributed by atoms with Crippen LogP contribution in [0.5, 0.6) is 0 Å². The maximum absolute atomic E-state index is 12.5. The van der Waals surface area contributed by atoms with Gasteiger partial charge in [0.2, 0.25) is 5.91 Å². The largest absolute Gasteiger partial charge is 0.459 e. The highest BCUT2D eigenvalue weighted by atomic mass is 32.2. The summed E-state index contributed by atoms with van der Waals surface area (Å²) in [4.78, 5) is 14.2. The molecule has 28 heavy (non-hydrogen) atoms. The van der Waals surface area contributed by atoms with Crippen molar-refractivity contribution < 1.29 is 17.6 Å². The van der Waals surface area contributed by atoms with Crippen LogP contribution in [0.1, 0.15) is 24.3 Å². The molecule has 2 aromatic carbocycles. The van der Waals surface area contributed by atoms with Gasteiger partial charge in [-0.25, -0.2) is 0 Å². The van der Waals surface area contributed by atoms with Gasteiger partial charge in [0.25, 0.3) is 10.0 Å². The van der Waals surface area contributed by atoms with E-state index < -0.39 is 10.0 Å². The van der Waals surface area contributed by atoms with Crippen molar-refractivity contribution in [1.29, 1.82) is 0 Å². The number of furan rings is 1. The molecule has 0 spiro atoms. The lowest BCUT2D eigenvalue weighted by atomic mass is 10.2. The lowest BCUT2D eigenvalue weighted by Gasteiger charge is -2.20. The molecule has 3 aromatic rings. The van der Waals surface area contributed by atoms with Crippen molar-refractivity contribution in [3.63, 3.8) is 0 Å². The quantitative estimate of drug-likeness (QED) is 0.731. The molecule has 0 bridgehead atoms. The number of carbonyl (C=O) groups excluding carboxylic acids is 1. The number of benzene rings is 2. The van der Waals surface area contributed by atoms with Gasteiger partial charge in [0.05, 0.1) is 12.6 Å². The molecule has 1 aliphatic rings. The molecule has 0 aliphatic carbocycles. The summed E-state index contributed by atoms with van der Waals surface area (Å²) >= 11 is 0. The topological polar surface area (TPSA) is 92.0 Å². The number of sulfonamides is 1. The Hall–Kier alpha value is -3.13. The number of amides is 1. The first-order valence-corrected chi connectivity index (χ1v) is 10.2. The van der Waals surface area contributed by atoms with Crippen molar-refractivity contribution in [3.05, 3.63) is 65.9 Å². The van der Waals surface area contributed by atoms with Crippen LogP contribution >= 0.6 is 0 Å². The SMILES string of the molecule is C[C@@H](NC(=O)CN(C)C1=NS(=O)(=O)c2ccccc21)c1cc2ccccc2o1. The average Bonchev–Trinajstić information content (AvgIpc) is 3.21. The number of rotatable bonds is 4. The van der Waals surface area contributed by atoms with Crippen LogP contribution in [0.3, 0.4) is 0 Å². The summed E-state index contributed by atoms with van der Waals surface area (Å²) in [7, 11) is -2.08. The van der Waals surface area contributed by atoms with Crippen LogP contribution in [-0.4, -0.2) is 38.7 Å². The Morgan fingerprint density at radius 2 is 1.89 bits per heavy atom. The molecule has 1 aliphatic heterocycles. The molecule has 7 nitrogen and oxygen atoms in total. The zero-order chi connectivity index (χ0) is 19.9. The van der Waals surface area contributed by atoms with Crippen LogP contribution in [0.4, 0.5) is 0 Å². The predicted octanol–water partition coefficient (Wildman–Crippen LogP) is 2.69. The number of nitrogens with zero attached hydrogens (tertiary/aromatic N) is 2. The number of hydrogen-bond donors (Lipinski definition) is 1. The third-order valence-corrected chi connectivity index (χ3v) is 5.93. The minimum atomic E-state index is -3.72. The first-order valence-electron chi connectivity index (χ1n) is 8.78. The first kappa shape index (κ1) is 18.2. The Labute approximate surface area is 162 Å². The van der Waals surface area contributed by atoms with Crippen LogP contribution in [0.15, 0.2) is 68.3 Å². The van der Waals surface area contributed by atoms with Crippen molar-refractivity contribution in [2.75, 3.05) is 13.6 Å². The molecule has 8 heteroatoms. The second kappa shape index (κ2) is 6.79. The molecule has 2 heterocycles. The second-order valence-electron chi connectivity index (χ2n) is 6.72. The third-order valence-electron chi connectivity index (χ3n) is 4.60. The van der Waals surface area contributed by atoms with Crippen molar-refractivity contribution in [3.8, 4) is 0 Å². The lowest BCUT2D eigenvalue weighted by molar-refractivity contribution is -0.122. The van der Waals surface area contributed by atoms with Gasteiger partial charge in [-0.15, -0.1) is 4.40 Å². The van der Waals surface area contributed by atoms with E-state index in [1.807, 2.05) is 37.3 Å². The Kier molecular flexibility index (Phi) is 4.43. The second-order valence-corrected chi connectivity index (χ2v) is 8.29. The summed E-state index contributed by atoms with van der Waals surface area (Å²) in [5.74, 6) is 0.658. The molecule has 0 radical (unpaired) electrons. The van der Waals surface area contributed by atoms with Crippen molar-refractivity contribution >= 4 is 32.7 Å². The number of likely N-dealkylation sites (N-methyl/N-ethyl adjacent to an activating group) is 1. The molecule has 1 atom stereocenters. The molecule has 0 fully saturated rings. The Balaban J connectivity index is 1.46. The van der Waals surface area contributed by atoms with Crippen LogP contribution in [0, 0.1) is 0 Å². The van der Waals surface area contributed by atoms with Gasteiger partial charge >= 0.3 is 0 Å². The van der Waals surface area contributed by atoms with Crippen molar-refractivity contribution in [1.82, 2.24) is 10.2 Å². The first-order chi connectivity index (χ1) is 13.3. The zero-order valence-electron chi connectivity index (χ0n) is 15.4. The number of carbonyl (C=O) groups is 1. The van der Waals surface area contributed by atoms with E-state index in [9.17, 15) is 13.2 Å². The molecule has 1 N–H and O–H groups in total. The van der Waals surface area contributed by atoms with Gasteiger partial charge < -0.3 is 14.6 Å². The highest BCUT2D eigenvalue weighted by Crippen LogP contribution is 2.27. The number of fused-ring (bicyclic) bond motifs is 2. The van der Waals surface area contributed by atoms with Gasteiger partial charge in [0.1, 0.15) is 16.2 Å². The predicted molar refractivity (Wildman–Crippen MR) is 106 cm³/mol. The van der Waals surface area contributed by atoms with Crippen LogP contribution in [0.25, 0.3) is 11.0 Å². The minimum Gasteiger partial charge on any atom is -0.459 e.